The van der Waals surface area contributed by atoms with Crippen molar-refractivity contribution in [2.45, 2.75) is 10.1 Å². The summed E-state index contributed by atoms with van der Waals surface area (Å²) in [6.07, 6.45) is 0. The highest BCUT2D eigenvalue weighted by Crippen LogP contribution is 1.65. The molecule has 0 fully saturated rings. The van der Waals surface area contributed by atoms with Gasteiger partial charge in [0.05, 0.1) is 0 Å². The summed E-state index contributed by atoms with van der Waals surface area (Å²) in [7, 11) is 0. The maximum absolute atomic E-state index is 2.43. The molecule has 5 heteroatoms. The Morgan fingerprint density at radius 3 is 1.00 bits per heavy atom. The second-order valence-electron chi connectivity index (χ2n) is 0.535. The largest absolute Gasteiger partial charge is 0.460 e. The summed E-state index contributed by atoms with van der Waals surface area (Å²) < 4.78 is 0. The summed E-state index contributed by atoms with van der Waals surface area (Å²) >= 11 is 5.63. The van der Waals surface area contributed by atoms with Gasteiger partial charge in [-0.15, -0.1) is 10.1 Å². The van der Waals surface area contributed by atoms with Gasteiger partial charge in [0.1, 0.15) is 0 Å². The fourth-order valence-corrected chi connectivity index (χ4v) is 0. The standard InChI is InChI=1S/2CH3.2HI.2Mg.H2O/h2*1H3;2*1H;;;1H2/q;;;;2*+1;/p-2. The number of halogens is 2. The lowest BCUT2D eigenvalue weighted by atomic mass is 11.9. The van der Waals surface area contributed by atoms with E-state index in [0.717, 1.165) is 0 Å². The van der Waals surface area contributed by atoms with E-state index in [9.17, 15) is 0 Å². The monoisotopic (exact) mass is 350 g/mol. The molecule has 7 heavy (non-hydrogen) atoms. The van der Waals surface area contributed by atoms with Gasteiger partial charge < -0.3 is 43.2 Å². The minimum Gasteiger partial charge on any atom is -0.412 e. The highest BCUT2D eigenvalue weighted by Gasteiger charge is 1.58. The molecule has 0 aliphatic rings. The topological polar surface area (TPSA) is 31.5 Å². The van der Waals surface area contributed by atoms with E-state index in [4.69, 9.17) is 0 Å². The Morgan fingerprint density at radius 1 is 1.00 bits per heavy atom. The zero-order valence-electron chi connectivity index (χ0n) is 4.67. The zero-order chi connectivity index (χ0) is 5.41. The van der Waals surface area contributed by atoms with Gasteiger partial charge in [0.2, 0.25) is 0 Å². The van der Waals surface area contributed by atoms with E-state index in [-0.39, 0.29) is 5.48 Å². The second-order valence-corrected chi connectivity index (χ2v) is 10.8. The van der Waals surface area contributed by atoms with E-state index < -0.39 is 0 Å². The van der Waals surface area contributed by atoms with Crippen molar-refractivity contribution < 1.29 is 5.48 Å². The molecule has 0 saturated heterocycles. The highest BCUT2D eigenvalue weighted by molar-refractivity contribution is 14.1. The predicted molar refractivity (Wildman–Crippen MR) is 54.9 cm³/mol. The van der Waals surface area contributed by atoms with E-state index >= 15 is 0 Å². The molecule has 0 bridgehead atoms. The fraction of sp³-hybridized carbons (Fsp3) is 1.00. The Bertz CT molecular complexity index is 15.7. The van der Waals surface area contributed by atoms with E-state index in [1.165, 1.54) is 0 Å². The van der Waals surface area contributed by atoms with Crippen LogP contribution in [0.25, 0.3) is 0 Å². The van der Waals surface area contributed by atoms with Crippen molar-refractivity contribution in [2.24, 2.45) is 0 Å². The molecule has 0 aromatic carbocycles. The molecule has 0 unspecified atom stereocenters. The molecule has 0 spiro atoms. The lowest BCUT2D eigenvalue weighted by Gasteiger charge is -1.34. The van der Waals surface area contributed by atoms with Crippen molar-refractivity contribution in [1.29, 1.82) is 0 Å². The molecule has 0 saturated carbocycles. The molecular weight excluding hydrogens is 342 g/mol. The van der Waals surface area contributed by atoms with Gasteiger partial charge >= 0.3 is 33.0 Å². The summed E-state index contributed by atoms with van der Waals surface area (Å²) in [5, 5.41) is 4.50. The molecule has 0 atom stereocenters. The van der Waals surface area contributed by atoms with Gasteiger partial charge in [0, 0.05) is 0 Å². The molecule has 0 heterocycles. The maximum Gasteiger partial charge on any atom is 0.460 e. The van der Waals surface area contributed by atoms with E-state index in [2.05, 4.69) is 47.8 Å². The summed E-state index contributed by atoms with van der Waals surface area (Å²) in [4.78, 5) is 0. The number of hydrogen-bond donors (Lipinski definition) is 0. The molecule has 0 aliphatic carbocycles. The van der Waals surface area contributed by atoms with Crippen LogP contribution in [0.5, 0.6) is 0 Å². The van der Waals surface area contributed by atoms with Crippen molar-refractivity contribution in [3.63, 3.8) is 0 Å². The van der Waals surface area contributed by atoms with Crippen LogP contribution < -0.4 is 0 Å². The SMILES string of the molecule is O.[CH3][Mg][I].[CH3][Mg][I]. The first kappa shape index (κ1) is 16.5. The molecule has 0 aromatic rings. The molecular formula is C2H8I2Mg2O. The van der Waals surface area contributed by atoms with Crippen molar-refractivity contribution in [3.8, 4) is 0 Å². The molecule has 0 aliphatic heterocycles. The summed E-state index contributed by atoms with van der Waals surface area (Å²) in [5.41, 5.74) is 0. The lowest BCUT2D eigenvalue weighted by molar-refractivity contribution is 0.824. The van der Waals surface area contributed by atoms with Gasteiger partial charge in [0.25, 0.3) is 0 Å². The second kappa shape index (κ2) is 23.1. The van der Waals surface area contributed by atoms with Crippen LogP contribution in [0.3, 0.4) is 0 Å². The smallest absolute Gasteiger partial charge is 0.412 e. The van der Waals surface area contributed by atoms with Crippen LogP contribution >= 0.6 is 37.7 Å². The van der Waals surface area contributed by atoms with Crippen LogP contribution in [0.15, 0.2) is 0 Å². The Balaban J connectivity index is -0.0000000400. The Kier molecular flexibility index (Phi) is 54.4. The molecule has 0 amide bonds. The molecule has 0 rings (SSSR count). The third kappa shape index (κ3) is 49.6. The fourth-order valence-electron chi connectivity index (χ4n) is 0. The van der Waals surface area contributed by atoms with E-state index in [0.29, 0.717) is 33.0 Å². The first-order valence-corrected chi connectivity index (χ1v) is 15.0. The Labute approximate surface area is 84.3 Å². The van der Waals surface area contributed by atoms with E-state index in [1.807, 2.05) is 0 Å². The number of rotatable bonds is 0. The first-order chi connectivity index (χ1) is 2.83. The average Bonchev–Trinajstić information content (AvgIpc) is 1.39. The Hall–Kier alpha value is 2.95. The summed E-state index contributed by atoms with van der Waals surface area (Å²) in [6.45, 7) is 0. The molecule has 0 aromatic heterocycles. The minimum absolute atomic E-state index is 0. The van der Waals surface area contributed by atoms with Crippen LogP contribution in [-0.4, -0.2) is 38.4 Å². The van der Waals surface area contributed by atoms with Gasteiger partial charge in [0.15, 0.2) is 0 Å². The van der Waals surface area contributed by atoms with Gasteiger partial charge in [-0.2, -0.15) is 0 Å². The average molecular weight is 351 g/mol. The first-order valence-electron chi connectivity index (χ1n) is 1.95. The normalized spacial score (nSPS) is 2.86. The summed E-state index contributed by atoms with van der Waals surface area (Å²) in [5.74, 6) is 0. The highest BCUT2D eigenvalue weighted by atomic mass is 127. The minimum atomic E-state index is 0. The number of hydrogen-bond acceptors (Lipinski definition) is 0. The Morgan fingerprint density at radius 2 is 1.00 bits per heavy atom. The van der Waals surface area contributed by atoms with Crippen LogP contribution in [-0.2, 0) is 0 Å². The van der Waals surface area contributed by atoms with Crippen molar-refractivity contribution in [2.75, 3.05) is 0 Å². The molecule has 1 nitrogen and oxygen atoms in total. The van der Waals surface area contributed by atoms with Gasteiger partial charge in [-0.3, -0.25) is 0 Å². The van der Waals surface area contributed by atoms with Gasteiger partial charge in [-0.25, -0.2) is 0 Å². The quantitative estimate of drug-likeness (QED) is 0.467. The third-order valence-electron chi connectivity index (χ3n) is 0. The van der Waals surface area contributed by atoms with Crippen molar-refractivity contribution in [1.82, 2.24) is 0 Å². The predicted octanol–water partition coefficient (Wildman–Crippen LogP) is 1.35. The molecule has 40 valence electrons. The summed E-state index contributed by atoms with van der Waals surface area (Å²) in [6, 6.07) is 0. The lowest BCUT2D eigenvalue weighted by Crippen LogP contribution is -1.42. The maximum atomic E-state index is 2.43. The van der Waals surface area contributed by atoms with Gasteiger partial charge in [-0.05, 0) is 0 Å². The zero-order valence-corrected chi connectivity index (χ0v) is 11.8. The van der Waals surface area contributed by atoms with Crippen molar-refractivity contribution in [3.05, 3.63) is 0 Å². The van der Waals surface area contributed by atoms with Crippen molar-refractivity contribution >= 4 is 70.7 Å². The third-order valence-corrected chi connectivity index (χ3v) is 0. The van der Waals surface area contributed by atoms with Gasteiger partial charge in [-0.1, -0.05) is 0 Å². The van der Waals surface area contributed by atoms with Crippen LogP contribution in [0.4, 0.5) is 0 Å². The molecule has 2 N–H and O–H groups in total. The van der Waals surface area contributed by atoms with Crippen LogP contribution in [0, 0.1) is 0 Å². The van der Waals surface area contributed by atoms with E-state index in [1.54, 1.807) is 0 Å². The van der Waals surface area contributed by atoms with Crippen LogP contribution in [0.2, 0.25) is 10.1 Å². The van der Waals surface area contributed by atoms with Crippen LogP contribution in [0.1, 0.15) is 0 Å². The molecule has 0 radical (unpaired) electrons.